The highest BCUT2D eigenvalue weighted by Gasteiger charge is 2.16. The van der Waals surface area contributed by atoms with Crippen LogP contribution in [0.3, 0.4) is 0 Å². The van der Waals surface area contributed by atoms with Crippen LogP contribution in [0.1, 0.15) is 30.1 Å². The fourth-order valence-corrected chi connectivity index (χ4v) is 2.43. The van der Waals surface area contributed by atoms with Crippen molar-refractivity contribution in [2.24, 2.45) is 0 Å². The minimum Gasteiger partial charge on any atom is -0.493 e. The van der Waals surface area contributed by atoms with E-state index in [2.05, 4.69) is 12.2 Å². The summed E-state index contributed by atoms with van der Waals surface area (Å²) in [5.41, 5.74) is 1.12. The summed E-state index contributed by atoms with van der Waals surface area (Å²) in [5, 5.41) is 2.84. The van der Waals surface area contributed by atoms with Crippen molar-refractivity contribution in [1.82, 2.24) is 0 Å². The second kappa shape index (κ2) is 7.79. The van der Waals surface area contributed by atoms with Crippen molar-refractivity contribution < 1.29 is 23.7 Å². The first-order chi connectivity index (χ1) is 12.2. The van der Waals surface area contributed by atoms with Crippen molar-refractivity contribution in [2.45, 2.75) is 19.8 Å². The SMILES string of the molecule is CCCCOc1ccc(C(=O)Nc2ccc3c(c2)OCO3)cc1OC. The van der Waals surface area contributed by atoms with Crippen molar-refractivity contribution >= 4 is 11.6 Å². The number of carbonyl (C=O) groups excluding carboxylic acids is 1. The molecule has 3 rings (SSSR count). The zero-order valence-corrected chi connectivity index (χ0v) is 14.3. The van der Waals surface area contributed by atoms with Gasteiger partial charge in [-0.15, -0.1) is 0 Å². The van der Waals surface area contributed by atoms with Crippen LogP contribution in [0.5, 0.6) is 23.0 Å². The number of carbonyl (C=O) groups is 1. The summed E-state index contributed by atoms with van der Waals surface area (Å²) in [5.74, 6) is 2.23. The lowest BCUT2D eigenvalue weighted by Crippen LogP contribution is -2.12. The minimum atomic E-state index is -0.239. The van der Waals surface area contributed by atoms with Gasteiger partial charge in [0.15, 0.2) is 23.0 Å². The molecule has 132 valence electrons. The van der Waals surface area contributed by atoms with Gasteiger partial charge in [-0.1, -0.05) is 13.3 Å². The van der Waals surface area contributed by atoms with E-state index >= 15 is 0 Å². The highest BCUT2D eigenvalue weighted by Crippen LogP contribution is 2.34. The Labute approximate surface area is 146 Å². The molecule has 0 aromatic heterocycles. The van der Waals surface area contributed by atoms with Crippen LogP contribution in [-0.4, -0.2) is 26.4 Å². The fourth-order valence-electron chi connectivity index (χ4n) is 2.43. The maximum atomic E-state index is 12.5. The maximum absolute atomic E-state index is 12.5. The average molecular weight is 343 g/mol. The highest BCUT2D eigenvalue weighted by atomic mass is 16.7. The minimum absolute atomic E-state index is 0.198. The molecule has 0 atom stereocenters. The van der Waals surface area contributed by atoms with Crippen LogP contribution >= 0.6 is 0 Å². The summed E-state index contributed by atoms with van der Waals surface area (Å²) in [6.45, 7) is 2.92. The smallest absolute Gasteiger partial charge is 0.255 e. The molecule has 1 N–H and O–H groups in total. The van der Waals surface area contributed by atoms with Crippen LogP contribution in [-0.2, 0) is 0 Å². The van der Waals surface area contributed by atoms with Gasteiger partial charge in [0, 0.05) is 17.3 Å². The molecule has 0 unspecified atom stereocenters. The van der Waals surface area contributed by atoms with E-state index in [1.54, 1.807) is 43.5 Å². The molecule has 25 heavy (non-hydrogen) atoms. The number of rotatable bonds is 7. The molecule has 2 aromatic carbocycles. The number of unbranched alkanes of at least 4 members (excludes halogenated alkanes) is 1. The third-order valence-electron chi connectivity index (χ3n) is 3.81. The van der Waals surface area contributed by atoms with Crippen LogP contribution in [0.25, 0.3) is 0 Å². The Hall–Kier alpha value is -2.89. The van der Waals surface area contributed by atoms with Crippen molar-refractivity contribution in [3.8, 4) is 23.0 Å². The van der Waals surface area contributed by atoms with Crippen molar-refractivity contribution in [1.29, 1.82) is 0 Å². The summed E-state index contributed by atoms with van der Waals surface area (Å²) in [7, 11) is 1.56. The number of anilines is 1. The lowest BCUT2D eigenvalue weighted by Gasteiger charge is -2.12. The summed E-state index contributed by atoms with van der Waals surface area (Å²) >= 11 is 0. The van der Waals surface area contributed by atoms with Gasteiger partial charge in [-0.2, -0.15) is 0 Å². The predicted octanol–water partition coefficient (Wildman–Crippen LogP) is 3.86. The summed E-state index contributed by atoms with van der Waals surface area (Å²) < 4.78 is 21.6. The van der Waals surface area contributed by atoms with E-state index < -0.39 is 0 Å². The van der Waals surface area contributed by atoms with E-state index in [4.69, 9.17) is 18.9 Å². The van der Waals surface area contributed by atoms with Crippen LogP contribution < -0.4 is 24.3 Å². The Morgan fingerprint density at radius 3 is 2.76 bits per heavy atom. The number of fused-ring (bicyclic) bond motifs is 1. The zero-order chi connectivity index (χ0) is 17.6. The van der Waals surface area contributed by atoms with E-state index in [1.807, 2.05) is 0 Å². The van der Waals surface area contributed by atoms with Gasteiger partial charge in [-0.3, -0.25) is 4.79 Å². The Kier molecular flexibility index (Phi) is 5.28. The predicted molar refractivity (Wildman–Crippen MR) is 93.9 cm³/mol. The van der Waals surface area contributed by atoms with Crippen molar-refractivity contribution in [3.05, 3.63) is 42.0 Å². The Balaban J connectivity index is 1.71. The lowest BCUT2D eigenvalue weighted by molar-refractivity contribution is 0.102. The van der Waals surface area contributed by atoms with Gasteiger partial charge in [0.2, 0.25) is 6.79 Å². The van der Waals surface area contributed by atoms with E-state index in [0.717, 1.165) is 12.8 Å². The van der Waals surface area contributed by atoms with E-state index in [9.17, 15) is 4.79 Å². The quantitative estimate of drug-likeness (QED) is 0.774. The molecule has 1 amide bonds. The molecular formula is C19H21NO5. The third-order valence-corrected chi connectivity index (χ3v) is 3.81. The first-order valence-electron chi connectivity index (χ1n) is 8.23. The van der Waals surface area contributed by atoms with Crippen LogP contribution in [0.2, 0.25) is 0 Å². The Bertz CT molecular complexity index is 759. The average Bonchev–Trinajstić information content (AvgIpc) is 3.09. The number of amides is 1. The summed E-state index contributed by atoms with van der Waals surface area (Å²) in [6.07, 6.45) is 2.02. The molecule has 0 aliphatic carbocycles. The standard InChI is InChI=1S/C19H21NO5/c1-3-4-9-23-15-7-5-13(10-17(15)22-2)19(21)20-14-6-8-16-18(11-14)25-12-24-16/h5-8,10-11H,3-4,9,12H2,1-2H3,(H,20,21). The van der Waals surface area contributed by atoms with Gasteiger partial charge >= 0.3 is 0 Å². The molecule has 0 fully saturated rings. The summed E-state index contributed by atoms with van der Waals surface area (Å²) in [6, 6.07) is 10.4. The van der Waals surface area contributed by atoms with E-state index in [-0.39, 0.29) is 12.7 Å². The maximum Gasteiger partial charge on any atom is 0.255 e. The molecule has 0 saturated carbocycles. The largest absolute Gasteiger partial charge is 0.493 e. The molecule has 1 aliphatic rings. The number of ether oxygens (including phenoxy) is 4. The second-order valence-corrected chi connectivity index (χ2v) is 5.59. The molecule has 0 radical (unpaired) electrons. The number of hydrogen-bond acceptors (Lipinski definition) is 5. The van der Waals surface area contributed by atoms with E-state index in [0.29, 0.717) is 40.9 Å². The normalized spacial score (nSPS) is 11.9. The third kappa shape index (κ3) is 3.96. The molecule has 0 bridgehead atoms. The molecule has 1 aliphatic heterocycles. The van der Waals surface area contributed by atoms with Gasteiger partial charge < -0.3 is 24.3 Å². The summed E-state index contributed by atoms with van der Waals surface area (Å²) in [4.78, 5) is 12.5. The zero-order valence-electron chi connectivity index (χ0n) is 14.3. The monoisotopic (exact) mass is 343 g/mol. The van der Waals surface area contributed by atoms with Gasteiger partial charge in [0.05, 0.1) is 13.7 Å². The van der Waals surface area contributed by atoms with E-state index in [1.165, 1.54) is 0 Å². The van der Waals surface area contributed by atoms with Crippen molar-refractivity contribution in [3.63, 3.8) is 0 Å². The molecule has 6 heteroatoms. The number of hydrogen-bond donors (Lipinski definition) is 1. The van der Waals surface area contributed by atoms with Crippen LogP contribution in [0, 0.1) is 0 Å². The first-order valence-corrected chi connectivity index (χ1v) is 8.23. The van der Waals surface area contributed by atoms with Crippen molar-refractivity contribution in [2.75, 3.05) is 25.8 Å². The fraction of sp³-hybridized carbons (Fsp3) is 0.316. The lowest BCUT2D eigenvalue weighted by atomic mass is 10.1. The number of methoxy groups -OCH3 is 1. The van der Waals surface area contributed by atoms with Gasteiger partial charge in [0.25, 0.3) is 5.91 Å². The Morgan fingerprint density at radius 2 is 1.96 bits per heavy atom. The van der Waals surface area contributed by atoms with Gasteiger partial charge in [-0.25, -0.2) is 0 Å². The molecule has 0 saturated heterocycles. The van der Waals surface area contributed by atoms with Crippen LogP contribution in [0.4, 0.5) is 5.69 Å². The number of benzene rings is 2. The second-order valence-electron chi connectivity index (χ2n) is 5.59. The van der Waals surface area contributed by atoms with Gasteiger partial charge in [0.1, 0.15) is 0 Å². The highest BCUT2D eigenvalue weighted by molar-refractivity contribution is 6.04. The molecule has 1 heterocycles. The topological polar surface area (TPSA) is 66.0 Å². The van der Waals surface area contributed by atoms with Gasteiger partial charge in [-0.05, 0) is 36.8 Å². The molecule has 6 nitrogen and oxygen atoms in total. The molecular weight excluding hydrogens is 322 g/mol. The first kappa shape index (κ1) is 17.0. The Morgan fingerprint density at radius 1 is 1.12 bits per heavy atom. The van der Waals surface area contributed by atoms with Crippen LogP contribution in [0.15, 0.2) is 36.4 Å². The molecule has 0 spiro atoms. The number of nitrogens with one attached hydrogen (secondary N) is 1. The molecule has 2 aromatic rings.